The molecule has 0 radical (unpaired) electrons. The Balaban J connectivity index is 2.20. The normalized spacial score (nSPS) is 19.5. The highest BCUT2D eigenvalue weighted by atomic mass is 32.2. The molecule has 146 valence electrons. The summed E-state index contributed by atoms with van der Waals surface area (Å²) in [5.41, 5.74) is -1.24. The summed E-state index contributed by atoms with van der Waals surface area (Å²) >= 11 is 0. The molecule has 11 heteroatoms. The minimum atomic E-state index is -4.79. The Labute approximate surface area is 147 Å². The van der Waals surface area contributed by atoms with E-state index in [4.69, 9.17) is 5.11 Å². The first-order valence-corrected chi connectivity index (χ1v) is 9.25. The smallest absolute Gasteiger partial charge is 0.416 e. The fourth-order valence-corrected chi connectivity index (χ4v) is 4.46. The second kappa shape index (κ2) is 7.89. The summed E-state index contributed by atoms with van der Waals surface area (Å²) < 4.78 is 78.6. The number of nitrogens with zero attached hydrogens (tertiary/aromatic N) is 1. The average molecular weight is 398 g/mol. The first-order valence-electron chi connectivity index (χ1n) is 7.81. The minimum absolute atomic E-state index is 0.0232. The van der Waals surface area contributed by atoms with E-state index in [1.165, 1.54) is 0 Å². The van der Waals surface area contributed by atoms with Gasteiger partial charge in [0.25, 0.3) is 0 Å². The summed E-state index contributed by atoms with van der Waals surface area (Å²) in [5, 5.41) is 11.3. The van der Waals surface area contributed by atoms with Gasteiger partial charge in [0.1, 0.15) is 10.7 Å². The number of alkyl halides is 3. The minimum Gasteiger partial charge on any atom is -0.480 e. The number of piperidine rings is 1. The van der Waals surface area contributed by atoms with Crippen molar-refractivity contribution in [3.05, 3.63) is 29.6 Å². The topological polar surface area (TPSA) is 86.7 Å². The van der Waals surface area contributed by atoms with E-state index in [0.717, 1.165) is 4.31 Å². The molecule has 0 aliphatic carbocycles. The molecule has 1 aromatic rings. The highest BCUT2D eigenvalue weighted by Crippen LogP contribution is 2.33. The number of carboxylic acids is 1. The summed E-state index contributed by atoms with van der Waals surface area (Å²) in [6.45, 7) is -0.00696. The van der Waals surface area contributed by atoms with E-state index in [9.17, 15) is 30.8 Å². The summed E-state index contributed by atoms with van der Waals surface area (Å²) in [6, 6.07) is 1.28. The van der Waals surface area contributed by atoms with Crippen LogP contribution in [-0.2, 0) is 21.0 Å². The Bertz CT molecular complexity index is 767. The molecule has 0 amide bonds. The van der Waals surface area contributed by atoms with Crippen molar-refractivity contribution >= 4 is 16.0 Å². The van der Waals surface area contributed by atoms with Gasteiger partial charge in [0.2, 0.25) is 10.0 Å². The number of sulfonamides is 1. The van der Waals surface area contributed by atoms with Crippen LogP contribution in [0.5, 0.6) is 0 Å². The van der Waals surface area contributed by atoms with Crippen LogP contribution < -0.4 is 5.32 Å². The van der Waals surface area contributed by atoms with E-state index in [1.54, 1.807) is 0 Å². The molecule has 0 bridgehead atoms. The fraction of sp³-hybridized carbons (Fsp3) is 0.533. The zero-order valence-corrected chi connectivity index (χ0v) is 14.4. The third-order valence-electron chi connectivity index (χ3n) is 4.07. The van der Waals surface area contributed by atoms with E-state index in [-0.39, 0.29) is 32.1 Å². The van der Waals surface area contributed by atoms with Gasteiger partial charge in [-0.3, -0.25) is 4.79 Å². The van der Waals surface area contributed by atoms with Crippen molar-refractivity contribution in [3.8, 4) is 0 Å². The van der Waals surface area contributed by atoms with Gasteiger partial charge >= 0.3 is 12.1 Å². The van der Waals surface area contributed by atoms with Gasteiger partial charge < -0.3 is 10.4 Å². The van der Waals surface area contributed by atoms with Gasteiger partial charge in [-0.15, -0.1) is 0 Å². The van der Waals surface area contributed by atoms with Crippen LogP contribution >= 0.6 is 0 Å². The number of carbonyl (C=O) groups is 1. The van der Waals surface area contributed by atoms with Crippen LogP contribution in [0.25, 0.3) is 0 Å². The third-order valence-corrected chi connectivity index (χ3v) is 5.95. The van der Waals surface area contributed by atoms with E-state index in [1.807, 2.05) is 0 Å². The van der Waals surface area contributed by atoms with Crippen molar-refractivity contribution in [2.45, 2.75) is 23.9 Å². The van der Waals surface area contributed by atoms with Crippen molar-refractivity contribution in [1.82, 2.24) is 9.62 Å². The lowest BCUT2D eigenvalue weighted by atomic mass is 10.00. The Morgan fingerprint density at radius 3 is 2.65 bits per heavy atom. The number of hydrogen-bond acceptors (Lipinski definition) is 4. The van der Waals surface area contributed by atoms with Crippen molar-refractivity contribution < 1.29 is 35.9 Å². The van der Waals surface area contributed by atoms with Crippen LogP contribution in [0.2, 0.25) is 0 Å². The molecule has 2 N–H and O–H groups in total. The second-order valence-electron chi connectivity index (χ2n) is 6.04. The van der Waals surface area contributed by atoms with Crippen molar-refractivity contribution in [1.29, 1.82) is 0 Å². The molecule has 1 fully saturated rings. The molecular formula is C15H18F4N2O4S. The lowest BCUT2D eigenvalue weighted by molar-refractivity contribution is -0.138. The number of benzene rings is 1. The van der Waals surface area contributed by atoms with Crippen LogP contribution in [0.15, 0.2) is 23.1 Å². The maximum atomic E-state index is 13.9. The zero-order chi connectivity index (χ0) is 19.5. The van der Waals surface area contributed by atoms with Crippen LogP contribution in [-0.4, -0.2) is 50.0 Å². The Morgan fingerprint density at radius 1 is 1.35 bits per heavy atom. The quantitative estimate of drug-likeness (QED) is 0.715. The Kier molecular flexibility index (Phi) is 6.25. The van der Waals surface area contributed by atoms with E-state index in [0.29, 0.717) is 31.0 Å². The van der Waals surface area contributed by atoms with Gasteiger partial charge in [0, 0.05) is 13.1 Å². The summed E-state index contributed by atoms with van der Waals surface area (Å²) in [7, 11) is -4.44. The van der Waals surface area contributed by atoms with Crippen molar-refractivity contribution in [2.24, 2.45) is 5.92 Å². The average Bonchev–Trinajstić information content (AvgIpc) is 2.54. The van der Waals surface area contributed by atoms with Gasteiger partial charge in [-0.1, -0.05) is 0 Å². The Morgan fingerprint density at radius 2 is 2.04 bits per heavy atom. The summed E-state index contributed by atoms with van der Waals surface area (Å²) in [5.74, 6) is -2.52. The molecule has 1 heterocycles. The Hall–Kier alpha value is -1.72. The van der Waals surface area contributed by atoms with Gasteiger partial charge in [0.05, 0.1) is 12.1 Å². The van der Waals surface area contributed by atoms with E-state index >= 15 is 0 Å². The monoisotopic (exact) mass is 398 g/mol. The number of nitrogens with one attached hydrogen (secondary N) is 1. The van der Waals surface area contributed by atoms with Crippen LogP contribution in [0.3, 0.4) is 0 Å². The molecule has 6 nitrogen and oxygen atoms in total. The molecule has 26 heavy (non-hydrogen) atoms. The van der Waals surface area contributed by atoms with Crippen molar-refractivity contribution in [3.63, 3.8) is 0 Å². The highest BCUT2D eigenvalue weighted by Gasteiger charge is 2.36. The molecule has 1 aromatic carbocycles. The number of halogens is 4. The summed E-state index contributed by atoms with van der Waals surface area (Å²) in [6.07, 6.45) is -3.72. The molecule has 2 rings (SSSR count). The zero-order valence-electron chi connectivity index (χ0n) is 13.6. The van der Waals surface area contributed by atoms with E-state index < -0.39 is 38.4 Å². The maximum Gasteiger partial charge on any atom is 0.416 e. The summed E-state index contributed by atoms with van der Waals surface area (Å²) in [4.78, 5) is 9.49. The fourth-order valence-electron chi connectivity index (χ4n) is 2.81. The molecule has 1 aliphatic heterocycles. The molecule has 1 aliphatic rings. The molecule has 1 atom stereocenters. The molecule has 0 spiro atoms. The molecular weight excluding hydrogens is 380 g/mol. The largest absolute Gasteiger partial charge is 0.480 e. The maximum absolute atomic E-state index is 13.9. The van der Waals surface area contributed by atoms with Crippen LogP contribution in [0.4, 0.5) is 17.6 Å². The SMILES string of the molecule is O=C(O)CNCC1CCCN(S(=O)(=O)c2cc(C(F)(F)F)ccc2F)C1. The first-order chi connectivity index (χ1) is 12.0. The lowest BCUT2D eigenvalue weighted by Gasteiger charge is -2.32. The number of aliphatic carboxylic acids is 1. The van der Waals surface area contributed by atoms with E-state index in [2.05, 4.69) is 5.32 Å². The number of carboxylic acid groups (broad SMARTS) is 1. The predicted molar refractivity (Wildman–Crippen MR) is 83.4 cm³/mol. The molecule has 1 unspecified atom stereocenters. The van der Waals surface area contributed by atoms with Gasteiger partial charge in [-0.25, -0.2) is 12.8 Å². The third kappa shape index (κ3) is 4.92. The number of rotatable bonds is 6. The highest BCUT2D eigenvalue weighted by molar-refractivity contribution is 7.89. The first kappa shape index (κ1) is 20.6. The lowest BCUT2D eigenvalue weighted by Crippen LogP contribution is -2.43. The van der Waals surface area contributed by atoms with Gasteiger partial charge in [-0.05, 0) is 43.5 Å². The second-order valence-corrected chi connectivity index (χ2v) is 7.95. The molecule has 0 aromatic heterocycles. The van der Waals surface area contributed by atoms with Crippen LogP contribution in [0, 0.1) is 11.7 Å². The number of hydrogen-bond donors (Lipinski definition) is 2. The predicted octanol–water partition coefficient (Wildman–Crippen LogP) is 1.92. The molecule has 1 saturated heterocycles. The van der Waals surface area contributed by atoms with Gasteiger partial charge in [0.15, 0.2) is 0 Å². The van der Waals surface area contributed by atoms with Crippen molar-refractivity contribution in [2.75, 3.05) is 26.2 Å². The standard InChI is InChI=1S/C15H18F4N2O4S/c16-12-4-3-11(15(17,18)19)6-13(12)26(24,25)21-5-1-2-10(9-21)7-20-8-14(22)23/h3-4,6,10,20H,1-2,5,7-9H2,(H,22,23). The van der Waals surface area contributed by atoms with Crippen LogP contribution in [0.1, 0.15) is 18.4 Å². The molecule has 0 saturated carbocycles. The van der Waals surface area contributed by atoms with Gasteiger partial charge in [-0.2, -0.15) is 17.5 Å².